The highest BCUT2D eigenvalue weighted by Gasteiger charge is 2.09. The smallest absolute Gasteiger partial charge is 0.234 e. The molecule has 28 heavy (non-hydrogen) atoms. The number of carbonyl (C=O) groups excluding carboxylic acids is 1. The summed E-state index contributed by atoms with van der Waals surface area (Å²) in [4.78, 5) is 16.4. The molecule has 0 aliphatic carbocycles. The van der Waals surface area contributed by atoms with Crippen molar-refractivity contribution in [3.05, 3.63) is 64.4 Å². The van der Waals surface area contributed by atoms with Crippen LogP contribution in [0.5, 0.6) is 5.75 Å². The average molecular weight is 417 g/mol. The van der Waals surface area contributed by atoms with Crippen molar-refractivity contribution in [2.24, 2.45) is 0 Å². The fourth-order valence-corrected chi connectivity index (χ4v) is 3.15. The van der Waals surface area contributed by atoms with E-state index < -0.39 is 0 Å². The minimum Gasteiger partial charge on any atom is -0.486 e. The lowest BCUT2D eigenvalue weighted by atomic mass is 10.1. The van der Waals surface area contributed by atoms with Gasteiger partial charge in [-0.25, -0.2) is 4.98 Å². The number of aryl methyl sites for hydroxylation is 2. The van der Waals surface area contributed by atoms with Gasteiger partial charge in [-0.3, -0.25) is 9.89 Å². The van der Waals surface area contributed by atoms with E-state index >= 15 is 0 Å². The molecule has 0 atom stereocenters. The Bertz CT molecular complexity index is 944. The quantitative estimate of drug-likeness (QED) is 0.523. The Kier molecular flexibility index (Phi) is 6.95. The lowest BCUT2D eigenvalue weighted by Gasteiger charge is -2.05. The fraction of sp³-hybridized carbons (Fsp3) is 0.250. The van der Waals surface area contributed by atoms with E-state index in [-0.39, 0.29) is 18.3 Å². The number of rotatable bonds is 8. The van der Waals surface area contributed by atoms with Crippen LogP contribution in [0.4, 0.5) is 5.69 Å². The summed E-state index contributed by atoms with van der Waals surface area (Å²) in [6.07, 6.45) is 0.971. The number of halogens is 1. The van der Waals surface area contributed by atoms with Crippen molar-refractivity contribution in [2.75, 3.05) is 11.1 Å². The molecule has 1 aromatic heterocycles. The third-order valence-electron chi connectivity index (χ3n) is 3.99. The van der Waals surface area contributed by atoms with Crippen LogP contribution >= 0.6 is 23.4 Å². The molecule has 0 fully saturated rings. The number of carbonyl (C=O) groups is 1. The molecule has 1 heterocycles. The second-order valence-corrected chi connectivity index (χ2v) is 7.50. The minimum absolute atomic E-state index is 0.103. The molecule has 0 bridgehead atoms. The van der Waals surface area contributed by atoms with Crippen molar-refractivity contribution in [3.63, 3.8) is 0 Å². The number of ether oxygens (including phenoxy) is 1. The maximum Gasteiger partial charge on any atom is 0.234 e. The first kappa shape index (κ1) is 20.2. The summed E-state index contributed by atoms with van der Waals surface area (Å²) in [5, 5.41) is 11.0. The zero-order chi connectivity index (χ0) is 19.9. The van der Waals surface area contributed by atoms with Gasteiger partial charge in [-0.05, 0) is 54.8 Å². The van der Waals surface area contributed by atoms with Crippen LogP contribution in [0.3, 0.4) is 0 Å². The minimum atomic E-state index is -0.103. The molecule has 0 spiro atoms. The molecule has 8 heteroatoms. The van der Waals surface area contributed by atoms with Gasteiger partial charge >= 0.3 is 0 Å². The molecule has 1 amide bonds. The molecular formula is C20H21ClN4O2S. The first-order valence-corrected chi connectivity index (χ1v) is 10.2. The number of hydrogen-bond donors (Lipinski definition) is 2. The standard InChI is InChI=1S/C20H21ClN4O2S/c1-3-14-4-6-15(7-5-14)22-19(26)12-28-20-23-18(24-25-20)11-27-16-8-9-17(21)13(2)10-16/h4-10H,3,11-12H2,1-2H3,(H,22,26)(H,23,24,25). The summed E-state index contributed by atoms with van der Waals surface area (Å²) in [6.45, 7) is 4.27. The van der Waals surface area contributed by atoms with Crippen molar-refractivity contribution in [1.29, 1.82) is 0 Å². The highest BCUT2D eigenvalue weighted by atomic mass is 35.5. The molecule has 0 unspecified atom stereocenters. The van der Waals surface area contributed by atoms with Gasteiger partial charge in [-0.15, -0.1) is 5.10 Å². The van der Waals surface area contributed by atoms with E-state index in [1.807, 2.05) is 37.3 Å². The third kappa shape index (κ3) is 5.74. The molecule has 2 aromatic carbocycles. The van der Waals surface area contributed by atoms with Crippen molar-refractivity contribution in [1.82, 2.24) is 15.2 Å². The zero-order valence-electron chi connectivity index (χ0n) is 15.7. The fourth-order valence-electron chi connectivity index (χ4n) is 2.42. The Morgan fingerprint density at radius 3 is 2.75 bits per heavy atom. The Labute approximate surface area is 173 Å². The lowest BCUT2D eigenvalue weighted by Crippen LogP contribution is -2.14. The second-order valence-electron chi connectivity index (χ2n) is 6.15. The van der Waals surface area contributed by atoms with E-state index in [1.165, 1.54) is 17.3 Å². The molecule has 3 aromatic rings. The number of aromatic nitrogens is 3. The van der Waals surface area contributed by atoms with E-state index in [0.29, 0.717) is 21.8 Å². The van der Waals surface area contributed by atoms with Crippen LogP contribution < -0.4 is 10.1 Å². The largest absolute Gasteiger partial charge is 0.486 e. The molecule has 0 aliphatic heterocycles. The van der Waals surface area contributed by atoms with Crippen molar-refractivity contribution < 1.29 is 9.53 Å². The highest BCUT2D eigenvalue weighted by Crippen LogP contribution is 2.22. The molecule has 0 saturated carbocycles. The molecule has 3 rings (SSSR count). The number of benzene rings is 2. The van der Waals surface area contributed by atoms with E-state index in [1.54, 1.807) is 12.1 Å². The summed E-state index contributed by atoms with van der Waals surface area (Å²) < 4.78 is 5.68. The number of thioether (sulfide) groups is 1. The number of amides is 1. The van der Waals surface area contributed by atoms with Crippen molar-refractivity contribution in [3.8, 4) is 5.75 Å². The maximum atomic E-state index is 12.1. The van der Waals surface area contributed by atoms with Gasteiger partial charge in [0.1, 0.15) is 12.4 Å². The summed E-state index contributed by atoms with van der Waals surface area (Å²) in [5.74, 6) is 1.42. The molecule has 2 N–H and O–H groups in total. The van der Waals surface area contributed by atoms with E-state index in [4.69, 9.17) is 16.3 Å². The zero-order valence-corrected chi connectivity index (χ0v) is 17.2. The molecular weight excluding hydrogens is 396 g/mol. The van der Waals surface area contributed by atoms with Gasteiger partial charge in [-0.1, -0.05) is 42.4 Å². The van der Waals surface area contributed by atoms with E-state index in [2.05, 4.69) is 27.4 Å². The van der Waals surface area contributed by atoms with Gasteiger partial charge < -0.3 is 10.1 Å². The normalized spacial score (nSPS) is 10.7. The predicted molar refractivity (Wildman–Crippen MR) is 112 cm³/mol. The number of nitrogens with zero attached hydrogens (tertiary/aromatic N) is 2. The Morgan fingerprint density at radius 2 is 2.04 bits per heavy atom. The van der Waals surface area contributed by atoms with Gasteiger partial charge in [0.05, 0.1) is 5.75 Å². The second kappa shape index (κ2) is 9.61. The Morgan fingerprint density at radius 1 is 1.25 bits per heavy atom. The molecule has 146 valence electrons. The van der Waals surface area contributed by atoms with Crippen LogP contribution in [-0.2, 0) is 17.8 Å². The van der Waals surface area contributed by atoms with Crippen LogP contribution in [0.25, 0.3) is 0 Å². The van der Waals surface area contributed by atoms with E-state index in [9.17, 15) is 4.79 Å². The molecule has 0 aliphatic rings. The number of nitrogens with one attached hydrogen (secondary N) is 2. The lowest BCUT2D eigenvalue weighted by molar-refractivity contribution is -0.113. The molecule has 0 radical (unpaired) electrons. The molecule has 0 saturated heterocycles. The van der Waals surface area contributed by atoms with Gasteiger partial charge in [0.15, 0.2) is 5.82 Å². The van der Waals surface area contributed by atoms with Gasteiger partial charge in [-0.2, -0.15) is 0 Å². The predicted octanol–water partition coefficient (Wildman–Crippen LogP) is 4.64. The van der Waals surface area contributed by atoms with Crippen LogP contribution in [0, 0.1) is 6.92 Å². The number of aromatic amines is 1. The highest BCUT2D eigenvalue weighted by molar-refractivity contribution is 7.99. The third-order valence-corrected chi connectivity index (χ3v) is 5.27. The van der Waals surface area contributed by atoms with Crippen LogP contribution in [-0.4, -0.2) is 26.8 Å². The van der Waals surface area contributed by atoms with Crippen LogP contribution in [0.1, 0.15) is 23.9 Å². The number of H-pyrrole nitrogens is 1. The van der Waals surface area contributed by atoms with Gasteiger partial charge in [0, 0.05) is 10.7 Å². The Balaban J connectivity index is 1.45. The topological polar surface area (TPSA) is 79.9 Å². The maximum absolute atomic E-state index is 12.1. The van der Waals surface area contributed by atoms with Crippen molar-refractivity contribution >= 4 is 35.0 Å². The monoisotopic (exact) mass is 416 g/mol. The first-order chi connectivity index (χ1) is 13.5. The summed E-state index contributed by atoms with van der Waals surface area (Å²) in [7, 11) is 0. The van der Waals surface area contributed by atoms with Crippen LogP contribution in [0.2, 0.25) is 5.02 Å². The average Bonchev–Trinajstić information content (AvgIpc) is 3.16. The van der Waals surface area contributed by atoms with E-state index in [0.717, 1.165) is 17.7 Å². The van der Waals surface area contributed by atoms with Crippen molar-refractivity contribution in [2.45, 2.75) is 32.0 Å². The molecule has 6 nitrogen and oxygen atoms in total. The van der Waals surface area contributed by atoms with Crippen LogP contribution in [0.15, 0.2) is 47.6 Å². The SMILES string of the molecule is CCc1ccc(NC(=O)CSc2n[nH]c(COc3ccc(Cl)c(C)c3)n2)cc1. The summed E-state index contributed by atoms with van der Waals surface area (Å²) >= 11 is 7.27. The van der Waals surface area contributed by atoms with Gasteiger partial charge in [0.2, 0.25) is 11.1 Å². The summed E-state index contributed by atoms with van der Waals surface area (Å²) in [6, 6.07) is 13.3. The number of hydrogen-bond acceptors (Lipinski definition) is 5. The number of anilines is 1. The summed E-state index contributed by atoms with van der Waals surface area (Å²) in [5.41, 5.74) is 2.96. The van der Waals surface area contributed by atoms with Gasteiger partial charge in [0.25, 0.3) is 0 Å². The Hall–Kier alpha value is -2.51. The first-order valence-electron chi connectivity index (χ1n) is 8.85.